The molecule has 1 aromatic heterocycles. The number of aromatic nitrogens is 2. The Labute approximate surface area is 122 Å². The number of fused-ring (bicyclic) bond motifs is 1. The molecule has 0 bridgehead atoms. The number of anilines is 2. The number of H-pyrrole nitrogens is 1. The minimum absolute atomic E-state index is 0.164. The van der Waals surface area contributed by atoms with E-state index in [0.29, 0.717) is 10.5 Å². The Morgan fingerprint density at radius 1 is 1.05 bits per heavy atom. The molecule has 0 atom stereocenters. The molecule has 3 rings (SSSR count). The molecule has 3 aromatic rings. The first-order valence-electron chi connectivity index (χ1n) is 6.82. The molecule has 0 unspecified atom stereocenters. The summed E-state index contributed by atoms with van der Waals surface area (Å²) in [5.41, 5.74) is 0.978. The van der Waals surface area contributed by atoms with Crippen LogP contribution in [0.1, 0.15) is 20.3 Å². The zero-order valence-corrected chi connectivity index (χ0v) is 12.0. The van der Waals surface area contributed by atoms with Gasteiger partial charge in [-0.1, -0.05) is 36.9 Å². The van der Waals surface area contributed by atoms with Crippen LogP contribution >= 0.6 is 0 Å². The van der Waals surface area contributed by atoms with Gasteiger partial charge in [-0.05, 0) is 36.4 Å². The van der Waals surface area contributed by atoms with E-state index >= 15 is 0 Å². The number of aromatic amines is 1. The van der Waals surface area contributed by atoms with E-state index in [-0.39, 0.29) is 11.5 Å². The number of nitrogens with one attached hydrogen (secondary N) is 1. The number of benzene rings is 2. The molecule has 0 saturated carbocycles. The molecule has 0 aliphatic rings. The first-order valence-corrected chi connectivity index (χ1v) is 6.82. The van der Waals surface area contributed by atoms with Crippen molar-refractivity contribution in [3.05, 3.63) is 54.3 Å². The molecule has 0 amide bonds. The molecule has 0 spiro atoms. The van der Waals surface area contributed by atoms with Gasteiger partial charge in [0.05, 0.1) is 11.2 Å². The van der Waals surface area contributed by atoms with Gasteiger partial charge < -0.3 is 0 Å². The average Bonchev–Trinajstić information content (AvgIpc) is 2.92. The van der Waals surface area contributed by atoms with Crippen molar-refractivity contribution >= 4 is 22.4 Å². The number of hydrogen-bond donors (Lipinski definition) is 1. The minimum Gasteiger partial charge on any atom is -0.276 e. The number of rotatable bonds is 2. The van der Waals surface area contributed by atoms with Gasteiger partial charge in [0.2, 0.25) is 0 Å². The third-order valence-corrected chi connectivity index (χ3v) is 2.69. The van der Waals surface area contributed by atoms with Crippen LogP contribution in [0.25, 0.3) is 10.9 Å². The molecule has 5 heteroatoms. The second-order valence-corrected chi connectivity index (χ2v) is 4.56. The van der Waals surface area contributed by atoms with Gasteiger partial charge >= 0.3 is 0 Å². The van der Waals surface area contributed by atoms with Gasteiger partial charge in [-0.3, -0.25) is 5.10 Å². The van der Waals surface area contributed by atoms with Crippen LogP contribution in [0, 0.1) is 5.82 Å². The van der Waals surface area contributed by atoms with Crippen molar-refractivity contribution in [1.29, 1.82) is 0 Å². The van der Waals surface area contributed by atoms with Gasteiger partial charge in [-0.2, -0.15) is 10.2 Å². The van der Waals surface area contributed by atoms with Crippen LogP contribution in [-0.2, 0) is 0 Å². The van der Waals surface area contributed by atoms with Crippen LogP contribution in [-0.4, -0.2) is 10.2 Å². The molecule has 1 heterocycles. The predicted octanol–water partition coefficient (Wildman–Crippen LogP) is 5.14. The molecule has 110 valence electrons. The summed E-state index contributed by atoms with van der Waals surface area (Å²) in [6, 6.07) is 12.4. The van der Waals surface area contributed by atoms with E-state index in [4.69, 9.17) is 0 Å². The Kier molecular flexibility index (Phi) is 4.87. The zero-order chi connectivity index (χ0) is 15.2. The van der Waals surface area contributed by atoms with E-state index in [9.17, 15) is 8.87 Å². The summed E-state index contributed by atoms with van der Waals surface area (Å²) in [5, 5.41) is 7.77. The maximum atomic E-state index is 14.2. The third-order valence-electron chi connectivity index (χ3n) is 2.69. The summed E-state index contributed by atoms with van der Waals surface area (Å²) >= 11 is 0. The highest BCUT2D eigenvalue weighted by molar-refractivity contribution is 5.91. The highest BCUT2D eigenvalue weighted by Crippen LogP contribution is 2.30. The largest absolute Gasteiger partial charge is 0.276 e. The van der Waals surface area contributed by atoms with Crippen molar-refractivity contribution in [3.8, 4) is 0 Å². The van der Waals surface area contributed by atoms with Crippen LogP contribution in [0.2, 0.25) is 0 Å². The van der Waals surface area contributed by atoms with E-state index in [2.05, 4.69) is 24.0 Å². The van der Waals surface area contributed by atoms with Crippen molar-refractivity contribution in [2.45, 2.75) is 20.3 Å². The van der Waals surface area contributed by atoms with Crippen molar-refractivity contribution in [2.75, 3.05) is 5.12 Å². The Balaban J connectivity index is 0.000000497. The second kappa shape index (κ2) is 6.83. The molecule has 0 aliphatic heterocycles. The lowest BCUT2D eigenvalue weighted by molar-refractivity contribution is 0.499. The lowest BCUT2D eigenvalue weighted by Crippen LogP contribution is -2.04. The Bertz CT molecular complexity index is 692. The molecule has 3 nitrogen and oxygen atoms in total. The fraction of sp³-hybridized carbons (Fsp3) is 0.188. The van der Waals surface area contributed by atoms with Crippen LogP contribution < -0.4 is 5.12 Å². The molecule has 21 heavy (non-hydrogen) atoms. The van der Waals surface area contributed by atoms with Crippen LogP contribution in [0.3, 0.4) is 0 Å². The van der Waals surface area contributed by atoms with Crippen molar-refractivity contribution in [2.24, 2.45) is 0 Å². The normalized spacial score (nSPS) is 10.1. The van der Waals surface area contributed by atoms with Gasteiger partial charge in [0.1, 0.15) is 5.82 Å². The summed E-state index contributed by atoms with van der Waals surface area (Å²) in [6.45, 7) is 4.25. The second-order valence-electron chi connectivity index (χ2n) is 4.56. The Hall–Kier alpha value is -2.43. The van der Waals surface area contributed by atoms with E-state index in [0.717, 1.165) is 5.52 Å². The highest BCUT2D eigenvalue weighted by atomic mass is 19.2. The summed E-state index contributed by atoms with van der Waals surface area (Å²) in [5.74, 6) is -0.240. The van der Waals surface area contributed by atoms with Crippen molar-refractivity contribution in [3.63, 3.8) is 0 Å². The first-order chi connectivity index (χ1) is 10.2. The van der Waals surface area contributed by atoms with Gasteiger partial charge in [0.15, 0.2) is 5.82 Å². The molecular formula is C16H17F2N3. The number of nitrogens with zero attached hydrogens (tertiary/aromatic N) is 2. The van der Waals surface area contributed by atoms with Gasteiger partial charge in [-0.15, -0.1) is 0 Å². The van der Waals surface area contributed by atoms with Crippen LogP contribution in [0.4, 0.5) is 20.4 Å². The summed E-state index contributed by atoms with van der Waals surface area (Å²) in [6.07, 6.45) is 1.25. The van der Waals surface area contributed by atoms with E-state index in [1.54, 1.807) is 12.1 Å². The average molecular weight is 289 g/mol. The molecule has 0 aliphatic carbocycles. The molecular weight excluding hydrogens is 272 g/mol. The molecule has 2 aromatic carbocycles. The lowest BCUT2D eigenvalue weighted by Gasteiger charge is -2.10. The standard InChI is InChI=1S/C13H9F2N3.C3H8/c14-9-5-7-10(8-6-9)18(15)13-11-3-1-2-4-12(11)16-17-13;1-3-2/h1-8H,(H,16,17);3H2,1-2H3. The van der Waals surface area contributed by atoms with Gasteiger partial charge in [-0.25, -0.2) is 4.39 Å². The molecule has 1 N–H and O–H groups in total. The SMILES string of the molecule is CCC.Fc1ccc(N(F)c2n[nH]c3ccccc23)cc1. The highest BCUT2D eigenvalue weighted by Gasteiger charge is 2.14. The smallest absolute Gasteiger partial charge is 0.192 e. The Morgan fingerprint density at radius 2 is 1.67 bits per heavy atom. The first kappa shape index (κ1) is 15.0. The van der Waals surface area contributed by atoms with E-state index in [1.165, 1.54) is 30.7 Å². The predicted molar refractivity (Wildman–Crippen MR) is 81.7 cm³/mol. The van der Waals surface area contributed by atoms with Crippen LogP contribution in [0.15, 0.2) is 48.5 Å². The fourth-order valence-corrected chi connectivity index (χ4v) is 1.79. The number of para-hydroxylation sites is 1. The fourth-order valence-electron chi connectivity index (χ4n) is 1.79. The van der Waals surface area contributed by atoms with Gasteiger partial charge in [0, 0.05) is 5.39 Å². The van der Waals surface area contributed by atoms with Crippen molar-refractivity contribution in [1.82, 2.24) is 10.2 Å². The van der Waals surface area contributed by atoms with Crippen LogP contribution in [0.5, 0.6) is 0 Å². The zero-order valence-electron chi connectivity index (χ0n) is 12.0. The lowest BCUT2D eigenvalue weighted by atomic mass is 10.2. The molecule has 0 fully saturated rings. The van der Waals surface area contributed by atoms with E-state index in [1.807, 2.05) is 12.1 Å². The maximum Gasteiger partial charge on any atom is 0.192 e. The van der Waals surface area contributed by atoms with Crippen molar-refractivity contribution < 1.29 is 8.87 Å². The van der Waals surface area contributed by atoms with E-state index < -0.39 is 5.82 Å². The quantitative estimate of drug-likeness (QED) is 0.662. The van der Waals surface area contributed by atoms with Gasteiger partial charge in [0.25, 0.3) is 0 Å². The number of halogens is 2. The Morgan fingerprint density at radius 3 is 2.33 bits per heavy atom. The topological polar surface area (TPSA) is 31.9 Å². The maximum absolute atomic E-state index is 14.2. The molecule has 0 saturated heterocycles. The third kappa shape index (κ3) is 3.37. The molecule has 0 radical (unpaired) electrons. The minimum atomic E-state index is -0.404. The summed E-state index contributed by atoms with van der Waals surface area (Å²) in [7, 11) is 0. The monoisotopic (exact) mass is 289 g/mol. The number of hydrogen-bond acceptors (Lipinski definition) is 2. The summed E-state index contributed by atoms with van der Waals surface area (Å²) in [4.78, 5) is 0. The summed E-state index contributed by atoms with van der Waals surface area (Å²) < 4.78 is 27.0.